The number of hydrogen-bond acceptors (Lipinski definition) is 10. The number of phenolic OH excluding ortho intramolecular Hbond substituents is 1. The lowest BCUT2D eigenvalue weighted by molar-refractivity contribution is -0.148. The maximum atomic E-state index is 13.8. The predicted molar refractivity (Wildman–Crippen MR) is 144 cm³/mol. The fraction of sp³-hybridized carbons (Fsp3) is 0.536. The number of hydrogen-bond donors (Lipinski definition) is 6. The summed E-state index contributed by atoms with van der Waals surface area (Å²) in [6.45, 7) is 2.10. The smallest absolute Gasteiger partial charge is 0.255 e. The second kappa shape index (κ2) is 10.1. The van der Waals surface area contributed by atoms with Gasteiger partial charge < -0.3 is 31.3 Å². The van der Waals surface area contributed by atoms with E-state index in [1.807, 2.05) is 0 Å². The largest absolute Gasteiger partial charge is 0.510 e. The number of Topliss-reactive ketones (excluding diaryl/α,β-unsaturated/α-hetero) is 2. The number of nitrogens with two attached hydrogens (primary N) is 1. The summed E-state index contributed by atoms with van der Waals surface area (Å²) in [5.74, 6) is -6.66. The number of amides is 1. The van der Waals surface area contributed by atoms with E-state index in [2.05, 4.69) is 4.90 Å². The lowest BCUT2D eigenvalue weighted by Gasteiger charge is -2.50. The van der Waals surface area contributed by atoms with Crippen LogP contribution in [0.3, 0.4) is 0 Å². The summed E-state index contributed by atoms with van der Waals surface area (Å²) < 4.78 is 0. The van der Waals surface area contributed by atoms with Crippen LogP contribution < -0.4 is 5.73 Å². The monoisotopic (exact) mass is 575 g/mol. The van der Waals surface area contributed by atoms with Gasteiger partial charge in [-0.2, -0.15) is 0 Å². The number of aliphatic hydroxyl groups is 4. The van der Waals surface area contributed by atoms with E-state index in [1.54, 1.807) is 14.1 Å². The minimum atomic E-state index is -2.68. The van der Waals surface area contributed by atoms with Crippen molar-refractivity contribution in [2.75, 3.05) is 33.8 Å². The number of nitrogens with zero attached hydrogens (tertiary/aromatic N) is 2. The number of likely N-dealkylation sites (N-methyl/N-ethyl adjacent to an activating group) is 1. The van der Waals surface area contributed by atoms with Gasteiger partial charge in [0.25, 0.3) is 5.91 Å². The first-order valence-corrected chi connectivity index (χ1v) is 13.7. The first kappa shape index (κ1) is 28.6. The number of carbonyl (C=O) groups is 3. The fourth-order valence-electron chi connectivity index (χ4n) is 7.04. The number of rotatable bonds is 5. The molecule has 4 aliphatic rings. The molecule has 40 heavy (non-hydrogen) atoms. The van der Waals surface area contributed by atoms with Gasteiger partial charge in [-0.3, -0.25) is 24.2 Å². The molecule has 1 aromatic carbocycles. The Morgan fingerprint density at radius 1 is 1.20 bits per heavy atom. The van der Waals surface area contributed by atoms with Crippen LogP contribution in [0.5, 0.6) is 5.75 Å². The molecule has 5 rings (SSSR count). The van der Waals surface area contributed by atoms with Crippen LogP contribution in [0.2, 0.25) is 5.02 Å². The Kier molecular flexibility index (Phi) is 7.25. The Hall–Kier alpha value is -2.96. The van der Waals surface area contributed by atoms with Gasteiger partial charge in [-0.05, 0) is 81.9 Å². The number of allylic oxidation sites excluding steroid dienone is 1. The van der Waals surface area contributed by atoms with Crippen LogP contribution in [-0.4, -0.2) is 98.2 Å². The maximum absolute atomic E-state index is 13.8. The number of piperidine rings is 1. The molecule has 7 N–H and O–H groups in total. The van der Waals surface area contributed by atoms with Gasteiger partial charge >= 0.3 is 0 Å². The number of halogens is 1. The zero-order valence-corrected chi connectivity index (χ0v) is 23.1. The third-order valence-corrected chi connectivity index (χ3v) is 9.56. The van der Waals surface area contributed by atoms with Crippen molar-refractivity contribution in [3.8, 4) is 5.75 Å². The van der Waals surface area contributed by atoms with Gasteiger partial charge in [0, 0.05) is 29.7 Å². The summed E-state index contributed by atoms with van der Waals surface area (Å²) >= 11 is 6.83. The van der Waals surface area contributed by atoms with Gasteiger partial charge in [0.2, 0.25) is 5.78 Å². The van der Waals surface area contributed by atoms with Crippen molar-refractivity contribution in [2.24, 2.45) is 23.5 Å². The summed E-state index contributed by atoms with van der Waals surface area (Å²) in [6, 6.07) is 0.373. The van der Waals surface area contributed by atoms with Crippen molar-refractivity contribution in [1.82, 2.24) is 9.80 Å². The molecule has 1 heterocycles. The van der Waals surface area contributed by atoms with E-state index in [0.717, 1.165) is 25.9 Å². The summed E-state index contributed by atoms with van der Waals surface area (Å²) in [7, 11) is 3.16. The summed E-state index contributed by atoms with van der Waals surface area (Å²) in [4.78, 5) is 42.9. The van der Waals surface area contributed by atoms with Crippen LogP contribution in [-0.2, 0) is 22.6 Å². The van der Waals surface area contributed by atoms with Crippen LogP contribution in [0, 0.1) is 17.8 Å². The molecule has 3 aliphatic carbocycles. The zero-order valence-electron chi connectivity index (χ0n) is 22.4. The van der Waals surface area contributed by atoms with E-state index in [1.165, 1.54) is 11.0 Å². The highest BCUT2D eigenvalue weighted by atomic mass is 35.5. The first-order chi connectivity index (χ1) is 18.8. The molecule has 11 nitrogen and oxygen atoms in total. The molecule has 1 saturated heterocycles. The van der Waals surface area contributed by atoms with E-state index in [0.29, 0.717) is 22.7 Å². The number of likely N-dealkylation sites (tertiary alicyclic amines) is 1. The van der Waals surface area contributed by atoms with Crippen molar-refractivity contribution < 1.29 is 39.9 Å². The average molecular weight is 576 g/mol. The van der Waals surface area contributed by atoms with Crippen molar-refractivity contribution in [3.05, 3.63) is 50.4 Å². The topological polar surface area (TPSA) is 185 Å². The molecule has 0 spiro atoms. The summed E-state index contributed by atoms with van der Waals surface area (Å²) in [6.07, 6.45) is 1.82. The van der Waals surface area contributed by atoms with Crippen LogP contribution in [0.4, 0.5) is 0 Å². The van der Waals surface area contributed by atoms with Crippen LogP contribution in [0.25, 0.3) is 0 Å². The van der Waals surface area contributed by atoms with E-state index in [4.69, 9.17) is 17.3 Å². The Balaban J connectivity index is 1.57. The van der Waals surface area contributed by atoms with E-state index >= 15 is 0 Å². The van der Waals surface area contributed by atoms with E-state index in [9.17, 15) is 39.9 Å². The van der Waals surface area contributed by atoms with Crippen molar-refractivity contribution in [3.63, 3.8) is 0 Å². The molecule has 1 aromatic rings. The Bertz CT molecular complexity index is 1360. The Morgan fingerprint density at radius 3 is 2.42 bits per heavy atom. The quantitative estimate of drug-likeness (QED) is 0.276. The van der Waals surface area contributed by atoms with Gasteiger partial charge in [-0.25, -0.2) is 0 Å². The third kappa shape index (κ3) is 4.14. The minimum absolute atomic E-state index is 0.00174. The Labute approximate surface area is 236 Å². The number of ketones is 2. The highest BCUT2D eigenvalue weighted by Crippen LogP contribution is 2.53. The number of benzene rings is 1. The van der Waals surface area contributed by atoms with E-state index < -0.39 is 58.0 Å². The second-order valence-corrected chi connectivity index (χ2v) is 12.0. The van der Waals surface area contributed by atoms with E-state index in [-0.39, 0.29) is 42.3 Å². The molecule has 0 aromatic heterocycles. The lowest BCUT2D eigenvalue weighted by atomic mass is 9.58. The van der Waals surface area contributed by atoms with Crippen molar-refractivity contribution in [2.45, 2.75) is 43.9 Å². The highest BCUT2D eigenvalue weighted by Gasteiger charge is 2.63. The lowest BCUT2D eigenvalue weighted by Crippen LogP contribution is -2.63. The molecule has 4 atom stereocenters. The summed E-state index contributed by atoms with van der Waals surface area (Å²) in [5.41, 5.74) is 2.58. The molecule has 0 saturated carbocycles. The van der Waals surface area contributed by atoms with Crippen molar-refractivity contribution >= 4 is 29.1 Å². The predicted octanol–water partition coefficient (Wildman–Crippen LogP) is 0.978. The standard InChI is InChI=1S/C28H34ClN3O8/c1-31(2)22-16-8-13-7-15-19(17(34)9-14(21(15)29)10-32-5-3-12(11-33)4-6-32)23(35)18(13)25(37)28(16,40)26(38)20(24(22)36)27(30)39/h9,12-13,16,22,33-34,36-37,40H,3-8,10-11H2,1-2H3,(H2,30,39)/t13-,16-,22-,28-/m0/s1. The molecule has 12 heteroatoms. The fourth-order valence-corrected chi connectivity index (χ4v) is 7.32. The molecule has 0 radical (unpaired) electrons. The molecule has 1 fully saturated rings. The maximum Gasteiger partial charge on any atom is 0.255 e. The van der Waals surface area contributed by atoms with Crippen LogP contribution in [0.1, 0.15) is 40.7 Å². The summed E-state index contributed by atoms with van der Waals surface area (Å²) in [5, 5.41) is 54.6. The van der Waals surface area contributed by atoms with Gasteiger partial charge in [0.1, 0.15) is 22.8 Å². The van der Waals surface area contributed by atoms with Crippen LogP contribution >= 0.6 is 11.6 Å². The van der Waals surface area contributed by atoms with Gasteiger partial charge in [0.05, 0.1) is 11.6 Å². The number of aromatic hydroxyl groups is 1. The minimum Gasteiger partial charge on any atom is -0.510 e. The zero-order chi connectivity index (χ0) is 29.3. The SMILES string of the molecule is CN(C)[C@@H]1C(O)=C(C(N)=O)C(=O)[C@@]2(O)C(O)=C3C(=O)c4c(O)cc(CN5CCC(CO)CC5)c(Cl)c4C[C@H]3C[C@@H]12. The van der Waals surface area contributed by atoms with Crippen molar-refractivity contribution in [1.29, 1.82) is 0 Å². The van der Waals surface area contributed by atoms with Gasteiger partial charge in [0.15, 0.2) is 11.4 Å². The number of carbonyl (C=O) groups excluding carboxylic acids is 3. The van der Waals surface area contributed by atoms with Crippen LogP contribution in [0.15, 0.2) is 28.7 Å². The normalized spacial score (nSPS) is 29.5. The van der Waals surface area contributed by atoms with Gasteiger partial charge in [-0.1, -0.05) is 11.6 Å². The Morgan fingerprint density at radius 2 is 1.85 bits per heavy atom. The molecule has 216 valence electrons. The number of aliphatic hydroxyl groups excluding tert-OH is 3. The average Bonchev–Trinajstić information content (AvgIpc) is 2.89. The molecule has 1 aliphatic heterocycles. The molecular weight excluding hydrogens is 542 g/mol. The molecular formula is C28H34ClN3O8. The molecule has 0 unspecified atom stereocenters. The van der Waals surface area contributed by atoms with Gasteiger partial charge in [-0.15, -0.1) is 0 Å². The molecule has 0 bridgehead atoms. The third-order valence-electron chi connectivity index (χ3n) is 9.09. The first-order valence-electron chi connectivity index (χ1n) is 13.3. The number of primary amides is 1. The number of fused-ring (bicyclic) bond motifs is 3. The highest BCUT2D eigenvalue weighted by molar-refractivity contribution is 6.33. The molecule has 1 amide bonds. The number of phenols is 1. The second-order valence-electron chi connectivity index (χ2n) is 11.6.